The molecule has 7 heteroatoms. The van der Waals surface area contributed by atoms with Gasteiger partial charge in [-0.2, -0.15) is 0 Å². The summed E-state index contributed by atoms with van der Waals surface area (Å²) in [7, 11) is 0. The van der Waals surface area contributed by atoms with Crippen molar-refractivity contribution in [3.05, 3.63) is 47.9 Å². The molecule has 1 amide bonds. The number of amides is 1. The highest BCUT2D eigenvalue weighted by atomic mass is 16.2. The Balaban J connectivity index is 1.65. The Morgan fingerprint density at radius 1 is 1.31 bits per heavy atom. The third kappa shape index (κ3) is 2.84. The van der Waals surface area contributed by atoms with Crippen LogP contribution in [0.15, 0.2) is 36.5 Å². The van der Waals surface area contributed by atoms with Gasteiger partial charge in [0.2, 0.25) is 0 Å². The summed E-state index contributed by atoms with van der Waals surface area (Å²) in [5, 5.41) is 12.5. The number of carbonyl (C=O) groups is 1. The van der Waals surface area contributed by atoms with E-state index in [9.17, 15) is 4.79 Å². The van der Waals surface area contributed by atoms with Gasteiger partial charge in [-0.15, -0.1) is 5.10 Å². The van der Waals surface area contributed by atoms with Crippen LogP contribution in [0.2, 0.25) is 0 Å². The molecule has 0 saturated heterocycles. The van der Waals surface area contributed by atoms with E-state index in [1.165, 1.54) is 0 Å². The normalized spacial score (nSPS) is 19.8. The molecule has 1 aliphatic carbocycles. The number of hydrogen-bond acceptors (Lipinski definition) is 5. The minimum Gasteiger partial charge on any atom is -0.348 e. The van der Waals surface area contributed by atoms with Gasteiger partial charge < -0.3 is 11.1 Å². The molecular formula is C19H22N6O. The lowest BCUT2D eigenvalue weighted by Gasteiger charge is -2.18. The van der Waals surface area contributed by atoms with Crippen LogP contribution in [0, 0.1) is 12.8 Å². The lowest BCUT2D eigenvalue weighted by Crippen LogP contribution is -2.40. The van der Waals surface area contributed by atoms with Gasteiger partial charge in [0.1, 0.15) is 0 Å². The Bertz CT molecular complexity index is 945. The monoisotopic (exact) mass is 350 g/mol. The van der Waals surface area contributed by atoms with Crippen molar-refractivity contribution in [1.82, 2.24) is 25.3 Å². The SMILES string of the molecule is Cc1c(C(=O)NC2CCCC2CN)nnn1-c1cccc2cccnc12. The minimum atomic E-state index is -0.188. The molecule has 1 saturated carbocycles. The summed E-state index contributed by atoms with van der Waals surface area (Å²) in [4.78, 5) is 17.2. The molecule has 0 aliphatic heterocycles. The minimum absolute atomic E-state index is 0.122. The number of para-hydroxylation sites is 1. The van der Waals surface area contributed by atoms with E-state index in [0.29, 0.717) is 23.9 Å². The smallest absolute Gasteiger partial charge is 0.273 e. The molecule has 3 N–H and O–H groups in total. The van der Waals surface area contributed by atoms with Crippen LogP contribution < -0.4 is 11.1 Å². The highest BCUT2D eigenvalue weighted by Gasteiger charge is 2.29. The largest absolute Gasteiger partial charge is 0.348 e. The van der Waals surface area contributed by atoms with E-state index >= 15 is 0 Å². The van der Waals surface area contributed by atoms with Crippen molar-refractivity contribution < 1.29 is 4.79 Å². The van der Waals surface area contributed by atoms with Gasteiger partial charge in [0.15, 0.2) is 5.69 Å². The lowest BCUT2D eigenvalue weighted by atomic mass is 10.0. The Morgan fingerprint density at radius 2 is 2.15 bits per heavy atom. The molecule has 1 fully saturated rings. The molecule has 2 unspecified atom stereocenters. The van der Waals surface area contributed by atoms with Crippen LogP contribution >= 0.6 is 0 Å². The third-order valence-electron chi connectivity index (χ3n) is 5.23. The molecule has 0 radical (unpaired) electrons. The van der Waals surface area contributed by atoms with Crippen molar-refractivity contribution in [3.8, 4) is 5.69 Å². The van der Waals surface area contributed by atoms with Crippen LogP contribution in [0.3, 0.4) is 0 Å². The van der Waals surface area contributed by atoms with Crippen LogP contribution in [0.25, 0.3) is 16.6 Å². The van der Waals surface area contributed by atoms with Gasteiger partial charge in [0.25, 0.3) is 5.91 Å². The molecule has 2 aromatic heterocycles. The molecule has 1 aliphatic rings. The first kappa shape index (κ1) is 16.7. The zero-order valence-electron chi connectivity index (χ0n) is 14.7. The second-order valence-electron chi connectivity index (χ2n) is 6.79. The zero-order chi connectivity index (χ0) is 18.1. The van der Waals surface area contributed by atoms with Crippen molar-refractivity contribution in [3.63, 3.8) is 0 Å². The Kier molecular flexibility index (Phi) is 4.38. The molecule has 2 heterocycles. The predicted molar refractivity (Wildman–Crippen MR) is 99.0 cm³/mol. The fourth-order valence-electron chi connectivity index (χ4n) is 3.77. The second-order valence-corrected chi connectivity index (χ2v) is 6.79. The van der Waals surface area contributed by atoms with Crippen molar-refractivity contribution in [1.29, 1.82) is 0 Å². The van der Waals surface area contributed by atoms with E-state index in [-0.39, 0.29) is 11.9 Å². The van der Waals surface area contributed by atoms with E-state index in [4.69, 9.17) is 5.73 Å². The average Bonchev–Trinajstić information content (AvgIpc) is 3.27. The summed E-state index contributed by atoms with van der Waals surface area (Å²) < 4.78 is 1.68. The summed E-state index contributed by atoms with van der Waals surface area (Å²) in [5.74, 6) is 0.156. The number of fused-ring (bicyclic) bond motifs is 1. The van der Waals surface area contributed by atoms with Crippen LogP contribution in [-0.4, -0.2) is 38.5 Å². The summed E-state index contributed by atoms with van der Waals surface area (Å²) in [6.45, 7) is 2.45. The molecule has 134 valence electrons. The Morgan fingerprint density at radius 3 is 3.00 bits per heavy atom. The Labute approximate surface area is 151 Å². The molecule has 0 spiro atoms. The number of hydrogen-bond donors (Lipinski definition) is 2. The van der Waals surface area contributed by atoms with E-state index in [1.807, 2.05) is 37.3 Å². The van der Waals surface area contributed by atoms with Gasteiger partial charge in [-0.25, -0.2) is 4.68 Å². The third-order valence-corrected chi connectivity index (χ3v) is 5.23. The topological polar surface area (TPSA) is 98.7 Å². The van der Waals surface area contributed by atoms with Gasteiger partial charge in [-0.3, -0.25) is 9.78 Å². The standard InChI is InChI=1S/C19H22N6O/c1-12-17(19(26)22-15-8-2-6-14(15)11-20)23-24-25(12)16-9-3-5-13-7-4-10-21-18(13)16/h3-5,7,9-10,14-15H,2,6,8,11,20H2,1H3,(H,22,26). The van der Waals surface area contributed by atoms with Crippen LogP contribution in [0.5, 0.6) is 0 Å². The van der Waals surface area contributed by atoms with E-state index in [2.05, 4.69) is 20.6 Å². The molecule has 0 bridgehead atoms. The van der Waals surface area contributed by atoms with Gasteiger partial charge in [0, 0.05) is 17.6 Å². The number of carbonyl (C=O) groups excluding carboxylic acids is 1. The van der Waals surface area contributed by atoms with Gasteiger partial charge in [-0.05, 0) is 44.4 Å². The number of nitrogens with two attached hydrogens (primary N) is 1. The molecule has 3 aromatic rings. The zero-order valence-corrected chi connectivity index (χ0v) is 14.7. The van der Waals surface area contributed by atoms with Crippen molar-refractivity contribution in [2.24, 2.45) is 11.7 Å². The maximum Gasteiger partial charge on any atom is 0.273 e. The molecule has 7 nitrogen and oxygen atoms in total. The van der Waals surface area contributed by atoms with E-state index in [1.54, 1.807) is 10.9 Å². The molecule has 2 atom stereocenters. The van der Waals surface area contributed by atoms with E-state index < -0.39 is 0 Å². The summed E-state index contributed by atoms with van der Waals surface area (Å²) in [6.07, 6.45) is 4.88. The number of nitrogens with one attached hydrogen (secondary N) is 1. The summed E-state index contributed by atoms with van der Waals surface area (Å²) in [5.41, 5.74) is 8.50. The first-order valence-electron chi connectivity index (χ1n) is 8.96. The van der Waals surface area contributed by atoms with Gasteiger partial charge in [-0.1, -0.05) is 29.8 Å². The fourth-order valence-corrected chi connectivity index (χ4v) is 3.77. The van der Waals surface area contributed by atoms with Crippen molar-refractivity contribution in [2.75, 3.05) is 6.54 Å². The van der Waals surface area contributed by atoms with Crippen molar-refractivity contribution >= 4 is 16.8 Å². The number of benzene rings is 1. The number of nitrogens with zero attached hydrogens (tertiary/aromatic N) is 4. The molecule has 4 rings (SSSR count). The second kappa shape index (κ2) is 6.84. The lowest BCUT2D eigenvalue weighted by molar-refractivity contribution is 0.0923. The molecule has 26 heavy (non-hydrogen) atoms. The molecular weight excluding hydrogens is 328 g/mol. The molecule has 1 aromatic carbocycles. The van der Waals surface area contributed by atoms with Crippen LogP contribution in [-0.2, 0) is 0 Å². The first-order chi connectivity index (χ1) is 12.7. The fraction of sp³-hybridized carbons (Fsp3) is 0.368. The highest BCUT2D eigenvalue weighted by Crippen LogP contribution is 2.25. The van der Waals surface area contributed by atoms with Gasteiger partial charge >= 0.3 is 0 Å². The van der Waals surface area contributed by atoms with Crippen LogP contribution in [0.4, 0.5) is 0 Å². The van der Waals surface area contributed by atoms with Crippen LogP contribution in [0.1, 0.15) is 35.4 Å². The maximum absolute atomic E-state index is 12.7. The number of pyridine rings is 1. The summed E-state index contributed by atoms with van der Waals surface area (Å²) in [6, 6.07) is 9.90. The number of rotatable bonds is 4. The highest BCUT2D eigenvalue weighted by molar-refractivity contribution is 5.94. The summed E-state index contributed by atoms with van der Waals surface area (Å²) >= 11 is 0. The Hall–Kier alpha value is -2.80. The van der Waals surface area contributed by atoms with E-state index in [0.717, 1.165) is 35.9 Å². The van der Waals surface area contributed by atoms with Gasteiger partial charge in [0.05, 0.1) is 16.9 Å². The first-order valence-corrected chi connectivity index (χ1v) is 8.96. The quantitative estimate of drug-likeness (QED) is 0.750. The predicted octanol–water partition coefficient (Wildman–Crippen LogP) is 1.98. The maximum atomic E-state index is 12.7. The average molecular weight is 350 g/mol. The number of aromatic nitrogens is 4. The van der Waals surface area contributed by atoms with Crippen molar-refractivity contribution in [2.45, 2.75) is 32.2 Å².